The first-order valence-corrected chi connectivity index (χ1v) is 6.10. The summed E-state index contributed by atoms with van der Waals surface area (Å²) in [5, 5.41) is 0. The monoisotopic (exact) mass is 200 g/mol. The van der Waals surface area contributed by atoms with Crippen LogP contribution < -0.4 is 11.5 Å². The Kier molecular flexibility index (Phi) is 8.20. The van der Waals surface area contributed by atoms with Crippen molar-refractivity contribution in [2.24, 2.45) is 23.3 Å². The van der Waals surface area contributed by atoms with E-state index in [2.05, 4.69) is 20.8 Å². The predicted molar refractivity (Wildman–Crippen MR) is 63.9 cm³/mol. The molecule has 2 heteroatoms. The second-order valence-corrected chi connectivity index (χ2v) is 4.62. The minimum atomic E-state index is -0.152. The molecule has 0 aromatic carbocycles. The molecular weight excluding hydrogens is 172 g/mol. The summed E-state index contributed by atoms with van der Waals surface area (Å²) in [5.41, 5.74) is 11.3. The lowest BCUT2D eigenvalue weighted by Gasteiger charge is -2.22. The molecule has 0 spiro atoms. The molecule has 0 fully saturated rings. The van der Waals surface area contributed by atoms with Gasteiger partial charge in [-0.25, -0.2) is 0 Å². The van der Waals surface area contributed by atoms with Gasteiger partial charge in [0.2, 0.25) is 0 Å². The van der Waals surface area contributed by atoms with E-state index in [1.165, 1.54) is 38.5 Å². The standard InChI is InChI=1S/C12H28N2/c1-4-5-6-7-8-9-10(2)11(3)12(13)14/h10-12H,4-9,13-14H2,1-3H3. The van der Waals surface area contributed by atoms with Gasteiger partial charge < -0.3 is 11.5 Å². The highest BCUT2D eigenvalue weighted by Crippen LogP contribution is 2.19. The largest absolute Gasteiger partial charge is 0.316 e. The van der Waals surface area contributed by atoms with Gasteiger partial charge in [-0.1, -0.05) is 59.3 Å². The van der Waals surface area contributed by atoms with Crippen molar-refractivity contribution in [3.8, 4) is 0 Å². The Morgan fingerprint density at radius 2 is 1.50 bits per heavy atom. The molecule has 2 nitrogen and oxygen atoms in total. The van der Waals surface area contributed by atoms with Gasteiger partial charge in [0.25, 0.3) is 0 Å². The molecule has 2 atom stereocenters. The van der Waals surface area contributed by atoms with Gasteiger partial charge in [-0.05, 0) is 11.8 Å². The van der Waals surface area contributed by atoms with Gasteiger partial charge in [0, 0.05) is 0 Å². The van der Waals surface area contributed by atoms with Crippen molar-refractivity contribution < 1.29 is 0 Å². The quantitative estimate of drug-likeness (QED) is 0.467. The molecule has 0 heterocycles. The Labute approximate surface area is 89.4 Å². The zero-order chi connectivity index (χ0) is 11.0. The molecular formula is C12H28N2. The fourth-order valence-electron chi connectivity index (χ4n) is 1.71. The van der Waals surface area contributed by atoms with Crippen molar-refractivity contribution >= 4 is 0 Å². The van der Waals surface area contributed by atoms with E-state index in [9.17, 15) is 0 Å². The summed E-state index contributed by atoms with van der Waals surface area (Å²) < 4.78 is 0. The molecule has 2 unspecified atom stereocenters. The summed E-state index contributed by atoms with van der Waals surface area (Å²) >= 11 is 0. The third-order valence-electron chi connectivity index (χ3n) is 3.27. The van der Waals surface area contributed by atoms with Crippen LogP contribution in [-0.4, -0.2) is 6.17 Å². The van der Waals surface area contributed by atoms with Crippen LogP contribution >= 0.6 is 0 Å². The average molecular weight is 200 g/mol. The van der Waals surface area contributed by atoms with Crippen LogP contribution in [0.4, 0.5) is 0 Å². The Morgan fingerprint density at radius 1 is 0.929 bits per heavy atom. The first-order chi connectivity index (χ1) is 6.59. The molecule has 0 rings (SSSR count). The fourth-order valence-corrected chi connectivity index (χ4v) is 1.71. The zero-order valence-electron chi connectivity index (χ0n) is 10.1. The van der Waals surface area contributed by atoms with Gasteiger partial charge in [0.05, 0.1) is 6.17 Å². The van der Waals surface area contributed by atoms with Crippen LogP contribution in [0.5, 0.6) is 0 Å². The maximum absolute atomic E-state index is 5.67. The lowest BCUT2D eigenvalue weighted by molar-refractivity contribution is 0.304. The highest BCUT2D eigenvalue weighted by atomic mass is 14.9. The number of rotatable bonds is 8. The lowest BCUT2D eigenvalue weighted by atomic mass is 9.89. The van der Waals surface area contributed by atoms with E-state index in [1.54, 1.807) is 0 Å². The molecule has 0 aromatic rings. The molecule has 0 radical (unpaired) electrons. The second-order valence-electron chi connectivity index (χ2n) is 4.62. The van der Waals surface area contributed by atoms with Crippen molar-refractivity contribution in [2.45, 2.75) is 65.5 Å². The van der Waals surface area contributed by atoms with Gasteiger partial charge in [-0.15, -0.1) is 0 Å². The van der Waals surface area contributed by atoms with Gasteiger partial charge in [-0.3, -0.25) is 0 Å². The van der Waals surface area contributed by atoms with E-state index in [0.717, 1.165) is 0 Å². The third kappa shape index (κ3) is 6.39. The van der Waals surface area contributed by atoms with E-state index in [0.29, 0.717) is 11.8 Å². The Balaban J connectivity index is 3.39. The van der Waals surface area contributed by atoms with E-state index in [-0.39, 0.29) is 6.17 Å². The minimum Gasteiger partial charge on any atom is -0.316 e. The van der Waals surface area contributed by atoms with Crippen LogP contribution in [0.15, 0.2) is 0 Å². The zero-order valence-corrected chi connectivity index (χ0v) is 10.1. The number of unbranched alkanes of at least 4 members (excludes halogenated alkanes) is 4. The highest BCUT2D eigenvalue weighted by Gasteiger charge is 2.15. The van der Waals surface area contributed by atoms with Crippen LogP contribution in [0.3, 0.4) is 0 Å². The van der Waals surface area contributed by atoms with Gasteiger partial charge >= 0.3 is 0 Å². The van der Waals surface area contributed by atoms with Crippen LogP contribution in [0.1, 0.15) is 59.3 Å². The number of hydrogen-bond donors (Lipinski definition) is 2. The molecule has 0 aliphatic rings. The van der Waals surface area contributed by atoms with Crippen molar-refractivity contribution in [1.29, 1.82) is 0 Å². The lowest BCUT2D eigenvalue weighted by Crippen LogP contribution is -2.40. The highest BCUT2D eigenvalue weighted by molar-refractivity contribution is 4.68. The van der Waals surface area contributed by atoms with Gasteiger partial charge in [0.15, 0.2) is 0 Å². The summed E-state index contributed by atoms with van der Waals surface area (Å²) in [5.74, 6) is 1.11. The van der Waals surface area contributed by atoms with Crippen molar-refractivity contribution in [1.82, 2.24) is 0 Å². The minimum absolute atomic E-state index is 0.152. The maximum atomic E-state index is 5.67. The van der Waals surface area contributed by atoms with Crippen molar-refractivity contribution in [2.75, 3.05) is 0 Å². The summed E-state index contributed by atoms with van der Waals surface area (Å²) in [4.78, 5) is 0. The Morgan fingerprint density at radius 3 is 2.00 bits per heavy atom. The normalized spacial score (nSPS) is 15.9. The molecule has 0 amide bonds. The first kappa shape index (κ1) is 13.9. The number of hydrogen-bond acceptors (Lipinski definition) is 2. The molecule has 0 bridgehead atoms. The third-order valence-corrected chi connectivity index (χ3v) is 3.27. The number of nitrogens with two attached hydrogens (primary N) is 2. The fraction of sp³-hybridized carbons (Fsp3) is 1.00. The summed E-state index contributed by atoms with van der Waals surface area (Å²) in [6.45, 7) is 6.66. The van der Waals surface area contributed by atoms with Crippen LogP contribution in [0.2, 0.25) is 0 Å². The molecule has 0 aliphatic heterocycles. The van der Waals surface area contributed by atoms with Gasteiger partial charge in [-0.2, -0.15) is 0 Å². The van der Waals surface area contributed by atoms with Crippen molar-refractivity contribution in [3.05, 3.63) is 0 Å². The summed E-state index contributed by atoms with van der Waals surface area (Å²) in [6.07, 6.45) is 7.89. The van der Waals surface area contributed by atoms with E-state index < -0.39 is 0 Å². The second kappa shape index (κ2) is 8.25. The first-order valence-electron chi connectivity index (χ1n) is 6.10. The van der Waals surface area contributed by atoms with Crippen LogP contribution in [-0.2, 0) is 0 Å². The molecule has 0 aliphatic carbocycles. The molecule has 86 valence electrons. The van der Waals surface area contributed by atoms with E-state index in [4.69, 9.17) is 11.5 Å². The molecule has 0 saturated heterocycles. The average Bonchev–Trinajstić information content (AvgIpc) is 2.16. The Bertz CT molecular complexity index is 123. The SMILES string of the molecule is CCCCCCCC(C)C(C)C(N)N. The van der Waals surface area contributed by atoms with Gasteiger partial charge in [0.1, 0.15) is 0 Å². The smallest absolute Gasteiger partial charge is 0.0549 e. The van der Waals surface area contributed by atoms with Crippen molar-refractivity contribution in [3.63, 3.8) is 0 Å². The molecule has 14 heavy (non-hydrogen) atoms. The molecule has 0 saturated carbocycles. The maximum Gasteiger partial charge on any atom is 0.0549 e. The van der Waals surface area contributed by atoms with Crippen LogP contribution in [0.25, 0.3) is 0 Å². The summed E-state index contributed by atoms with van der Waals surface area (Å²) in [7, 11) is 0. The predicted octanol–water partition coefficient (Wildman–Crippen LogP) is 2.86. The summed E-state index contributed by atoms with van der Waals surface area (Å²) in [6, 6.07) is 0. The topological polar surface area (TPSA) is 52.0 Å². The molecule has 4 N–H and O–H groups in total. The van der Waals surface area contributed by atoms with E-state index in [1.807, 2.05) is 0 Å². The Hall–Kier alpha value is -0.0800. The van der Waals surface area contributed by atoms with E-state index >= 15 is 0 Å². The molecule has 0 aromatic heterocycles. The van der Waals surface area contributed by atoms with Crippen LogP contribution in [0, 0.1) is 11.8 Å².